The fourth-order valence-electron chi connectivity index (χ4n) is 4.28. The molecule has 5 heteroatoms. The lowest BCUT2D eigenvalue weighted by Gasteiger charge is -2.18. The van der Waals surface area contributed by atoms with E-state index >= 15 is 0 Å². The number of ether oxygens (including phenoxy) is 2. The molecule has 0 bridgehead atoms. The molecule has 0 fully saturated rings. The highest BCUT2D eigenvalue weighted by atomic mass is 16.5. The maximum atomic E-state index is 11.6. The van der Waals surface area contributed by atoms with Crippen LogP contribution in [0.5, 0.6) is 0 Å². The number of unbranched alkanes of at least 4 members (excludes halogenated alkanes) is 6. The molecule has 0 heterocycles. The summed E-state index contributed by atoms with van der Waals surface area (Å²) in [7, 11) is 0. The van der Waals surface area contributed by atoms with Crippen molar-refractivity contribution < 1.29 is 24.5 Å². The fourth-order valence-corrected chi connectivity index (χ4v) is 4.28. The maximum Gasteiger partial charge on any atom is 0.309 e. The molecule has 2 aromatic carbocycles. The van der Waals surface area contributed by atoms with Gasteiger partial charge in [0.25, 0.3) is 0 Å². The summed E-state index contributed by atoms with van der Waals surface area (Å²) in [5.41, 5.74) is 2.38. The zero-order chi connectivity index (χ0) is 26.4. The molecule has 204 valence electrons. The van der Waals surface area contributed by atoms with Gasteiger partial charge in [-0.2, -0.15) is 0 Å². The van der Waals surface area contributed by atoms with Crippen molar-refractivity contribution in [2.45, 2.75) is 89.9 Å². The number of carboxylic acid groups (broad SMARTS) is 1. The maximum absolute atomic E-state index is 11.6. The number of carboxylic acids is 1. The minimum absolute atomic E-state index is 0.514. The number of aliphatic hydroxyl groups excluding tert-OH is 1. The first-order valence-electron chi connectivity index (χ1n) is 14.0. The highest BCUT2D eigenvalue weighted by Crippen LogP contribution is 2.19. The van der Waals surface area contributed by atoms with Gasteiger partial charge in [0.2, 0.25) is 0 Å². The molecule has 2 rings (SSSR count). The molecule has 5 nitrogen and oxygen atoms in total. The summed E-state index contributed by atoms with van der Waals surface area (Å²) in [6, 6.07) is 20.3. The highest BCUT2D eigenvalue weighted by Gasteiger charge is 2.25. The third-order valence-electron chi connectivity index (χ3n) is 6.51. The van der Waals surface area contributed by atoms with Crippen LogP contribution in [0.4, 0.5) is 0 Å². The van der Waals surface area contributed by atoms with E-state index in [1.165, 1.54) is 5.56 Å². The van der Waals surface area contributed by atoms with Crippen LogP contribution in [-0.4, -0.2) is 35.5 Å². The lowest BCUT2D eigenvalue weighted by Crippen LogP contribution is -2.28. The monoisotopic (exact) mass is 510 g/mol. The third kappa shape index (κ3) is 15.4. The van der Waals surface area contributed by atoms with Crippen LogP contribution in [0.1, 0.15) is 81.8 Å². The second kappa shape index (κ2) is 20.6. The molecule has 0 saturated carbocycles. The molecule has 0 aliphatic heterocycles. The van der Waals surface area contributed by atoms with Crippen molar-refractivity contribution in [3.05, 3.63) is 83.9 Å². The van der Waals surface area contributed by atoms with Gasteiger partial charge in [-0.1, -0.05) is 92.1 Å². The Morgan fingerprint density at radius 2 is 1.19 bits per heavy atom. The van der Waals surface area contributed by atoms with E-state index in [4.69, 9.17) is 9.47 Å². The van der Waals surface area contributed by atoms with Gasteiger partial charge in [-0.15, -0.1) is 0 Å². The lowest BCUT2D eigenvalue weighted by atomic mass is 9.92. The van der Waals surface area contributed by atoms with E-state index in [1.807, 2.05) is 48.5 Å². The SMILES string of the molecule is O=C(O)C(CCC/C=C/CCCCCOCc1ccccc1)C(O)CCCCCOCc1ccccc1. The van der Waals surface area contributed by atoms with Crippen LogP contribution in [0, 0.1) is 5.92 Å². The molecule has 0 aliphatic rings. The van der Waals surface area contributed by atoms with Gasteiger partial charge in [-0.05, 0) is 62.5 Å². The molecule has 0 saturated heterocycles. The van der Waals surface area contributed by atoms with Gasteiger partial charge in [-0.3, -0.25) is 4.79 Å². The van der Waals surface area contributed by atoms with E-state index in [9.17, 15) is 15.0 Å². The van der Waals surface area contributed by atoms with Gasteiger partial charge in [0.1, 0.15) is 0 Å². The number of aliphatic hydroxyl groups is 1. The minimum atomic E-state index is -0.892. The topological polar surface area (TPSA) is 76.0 Å². The summed E-state index contributed by atoms with van der Waals surface area (Å²) in [5.74, 6) is -1.57. The molecule has 2 atom stereocenters. The van der Waals surface area contributed by atoms with Crippen LogP contribution in [0.25, 0.3) is 0 Å². The van der Waals surface area contributed by atoms with Crippen molar-refractivity contribution in [1.29, 1.82) is 0 Å². The van der Waals surface area contributed by atoms with Crippen LogP contribution in [0.15, 0.2) is 72.8 Å². The Bertz CT molecular complexity index is 837. The Kier molecular flexibility index (Phi) is 17.1. The Morgan fingerprint density at radius 1 is 0.676 bits per heavy atom. The number of aliphatic carboxylic acids is 1. The smallest absolute Gasteiger partial charge is 0.309 e. The number of hydrogen-bond donors (Lipinski definition) is 2. The molecule has 2 N–H and O–H groups in total. The average Bonchev–Trinajstić information content (AvgIpc) is 2.91. The Hall–Kier alpha value is -2.47. The molecule has 37 heavy (non-hydrogen) atoms. The first-order valence-corrected chi connectivity index (χ1v) is 14.0. The van der Waals surface area contributed by atoms with E-state index in [2.05, 4.69) is 24.3 Å². The van der Waals surface area contributed by atoms with E-state index in [0.29, 0.717) is 32.7 Å². The molecular weight excluding hydrogens is 464 g/mol. The van der Waals surface area contributed by atoms with Crippen molar-refractivity contribution in [3.63, 3.8) is 0 Å². The first kappa shape index (κ1) is 30.8. The summed E-state index contributed by atoms with van der Waals surface area (Å²) in [4.78, 5) is 11.6. The van der Waals surface area contributed by atoms with E-state index in [1.54, 1.807) is 0 Å². The number of carbonyl (C=O) groups is 1. The average molecular weight is 511 g/mol. The van der Waals surface area contributed by atoms with Crippen molar-refractivity contribution in [2.75, 3.05) is 13.2 Å². The fraction of sp³-hybridized carbons (Fsp3) is 0.531. The van der Waals surface area contributed by atoms with Crippen LogP contribution < -0.4 is 0 Å². The van der Waals surface area contributed by atoms with Crippen LogP contribution in [0.2, 0.25) is 0 Å². The number of allylic oxidation sites excluding steroid dienone is 2. The van der Waals surface area contributed by atoms with Gasteiger partial charge >= 0.3 is 5.97 Å². The number of hydrogen-bond acceptors (Lipinski definition) is 4. The number of benzene rings is 2. The van der Waals surface area contributed by atoms with Crippen molar-refractivity contribution >= 4 is 5.97 Å². The summed E-state index contributed by atoms with van der Waals surface area (Å²) in [6.07, 6.45) is 13.3. The van der Waals surface area contributed by atoms with Crippen molar-refractivity contribution in [3.8, 4) is 0 Å². The molecule has 0 spiro atoms. The highest BCUT2D eigenvalue weighted by molar-refractivity contribution is 5.70. The van der Waals surface area contributed by atoms with Crippen molar-refractivity contribution in [2.24, 2.45) is 5.92 Å². The molecule has 0 aliphatic carbocycles. The summed E-state index contributed by atoms with van der Waals surface area (Å²) < 4.78 is 11.4. The van der Waals surface area contributed by atoms with Crippen LogP contribution in [-0.2, 0) is 27.5 Å². The largest absolute Gasteiger partial charge is 0.481 e. The van der Waals surface area contributed by atoms with Gasteiger partial charge < -0.3 is 19.7 Å². The van der Waals surface area contributed by atoms with Crippen LogP contribution >= 0.6 is 0 Å². The molecule has 0 radical (unpaired) electrons. The van der Waals surface area contributed by atoms with E-state index in [0.717, 1.165) is 70.0 Å². The Labute approximate surface area is 223 Å². The second-order valence-electron chi connectivity index (χ2n) is 9.69. The predicted molar refractivity (Wildman–Crippen MR) is 149 cm³/mol. The molecule has 0 aromatic heterocycles. The predicted octanol–water partition coefficient (Wildman–Crippen LogP) is 7.33. The quantitative estimate of drug-likeness (QED) is 0.128. The summed E-state index contributed by atoms with van der Waals surface area (Å²) in [5, 5.41) is 20.0. The molecule has 2 aromatic rings. The Morgan fingerprint density at radius 3 is 1.73 bits per heavy atom. The normalized spacial score (nSPS) is 13.1. The van der Waals surface area contributed by atoms with Crippen molar-refractivity contribution in [1.82, 2.24) is 0 Å². The zero-order valence-electron chi connectivity index (χ0n) is 22.3. The Balaban J connectivity index is 1.42. The summed E-state index contributed by atoms with van der Waals surface area (Å²) in [6.45, 7) is 2.77. The first-order chi connectivity index (χ1) is 18.2. The standard InChI is InChI=1S/C32H46O5/c33-31(23-15-9-17-25-37-27-29-20-12-8-13-21-29)30(32(34)35)22-14-5-3-1-2-4-6-16-24-36-26-28-18-10-7-11-19-28/h1,3,7-8,10-13,18-21,30-31,33H,2,4-6,9,14-17,22-27H2,(H,34,35)/b3-1+. The molecule has 2 unspecified atom stereocenters. The third-order valence-corrected chi connectivity index (χ3v) is 6.51. The van der Waals surface area contributed by atoms with Gasteiger partial charge in [0.05, 0.1) is 25.2 Å². The molecular formula is C32H46O5. The van der Waals surface area contributed by atoms with E-state index < -0.39 is 18.0 Å². The second-order valence-corrected chi connectivity index (χ2v) is 9.69. The zero-order valence-corrected chi connectivity index (χ0v) is 22.3. The van der Waals surface area contributed by atoms with Gasteiger partial charge in [0, 0.05) is 13.2 Å². The number of rotatable bonds is 22. The summed E-state index contributed by atoms with van der Waals surface area (Å²) >= 11 is 0. The van der Waals surface area contributed by atoms with Crippen LogP contribution in [0.3, 0.4) is 0 Å². The van der Waals surface area contributed by atoms with Gasteiger partial charge in [0.15, 0.2) is 0 Å². The minimum Gasteiger partial charge on any atom is -0.481 e. The molecule has 0 amide bonds. The van der Waals surface area contributed by atoms with E-state index in [-0.39, 0.29) is 0 Å². The van der Waals surface area contributed by atoms with Gasteiger partial charge in [-0.25, -0.2) is 0 Å². The lowest BCUT2D eigenvalue weighted by molar-refractivity contribution is -0.146.